The summed E-state index contributed by atoms with van der Waals surface area (Å²) in [5, 5.41) is 5.06. The molecule has 0 unspecified atom stereocenters. The normalized spacial score (nSPS) is 15.3. The Morgan fingerprint density at radius 1 is 1.11 bits per heavy atom. The van der Waals surface area contributed by atoms with Crippen molar-refractivity contribution < 1.29 is 4.79 Å². The van der Waals surface area contributed by atoms with E-state index in [-0.39, 0.29) is 5.91 Å². The lowest BCUT2D eigenvalue weighted by Gasteiger charge is -2.34. The van der Waals surface area contributed by atoms with Gasteiger partial charge in [0.2, 0.25) is 5.91 Å². The Bertz CT molecular complexity index is 919. The molecule has 7 heteroatoms. The number of thiophene rings is 1. The summed E-state index contributed by atoms with van der Waals surface area (Å²) >= 11 is 1.68. The molecule has 1 saturated heterocycles. The van der Waals surface area contributed by atoms with E-state index in [1.54, 1.807) is 11.3 Å². The number of nitrogen functional groups attached to an aromatic ring is 1. The van der Waals surface area contributed by atoms with E-state index in [1.165, 1.54) is 5.56 Å². The molecule has 2 aromatic heterocycles. The number of anilines is 1. The van der Waals surface area contributed by atoms with Crippen LogP contribution in [0.1, 0.15) is 17.8 Å². The van der Waals surface area contributed by atoms with Gasteiger partial charge in [-0.25, -0.2) is 9.97 Å². The molecule has 1 aliphatic heterocycles. The maximum Gasteiger partial charge on any atom is 0.222 e. The number of amides is 1. The Hall–Kier alpha value is -2.51. The summed E-state index contributed by atoms with van der Waals surface area (Å²) in [6, 6.07) is 9.89. The monoisotopic (exact) mass is 381 g/mol. The van der Waals surface area contributed by atoms with Crippen molar-refractivity contribution in [1.29, 1.82) is 0 Å². The first-order chi connectivity index (χ1) is 13.2. The third-order valence-corrected chi connectivity index (χ3v) is 5.71. The highest BCUT2D eigenvalue weighted by Gasteiger charge is 2.21. The number of nitrogens with zero attached hydrogens (tertiary/aromatic N) is 4. The number of carbonyl (C=O) groups is 1. The summed E-state index contributed by atoms with van der Waals surface area (Å²) < 4.78 is 0. The van der Waals surface area contributed by atoms with Crippen LogP contribution in [-0.2, 0) is 17.8 Å². The second-order valence-corrected chi connectivity index (χ2v) is 7.61. The highest BCUT2D eigenvalue weighted by Crippen LogP contribution is 2.18. The van der Waals surface area contributed by atoms with Gasteiger partial charge in [-0.05, 0) is 40.9 Å². The number of hydrogen-bond acceptors (Lipinski definition) is 6. The fourth-order valence-corrected chi connectivity index (χ4v) is 4.12. The van der Waals surface area contributed by atoms with E-state index in [0.29, 0.717) is 18.8 Å². The number of aromatic nitrogens is 2. The first-order valence-electron chi connectivity index (χ1n) is 9.21. The van der Waals surface area contributed by atoms with Gasteiger partial charge in [0.15, 0.2) is 0 Å². The van der Waals surface area contributed by atoms with Crippen LogP contribution >= 0.6 is 11.3 Å². The van der Waals surface area contributed by atoms with E-state index in [0.717, 1.165) is 49.3 Å². The molecular formula is C20H23N5OS. The van der Waals surface area contributed by atoms with Gasteiger partial charge in [-0.2, -0.15) is 11.3 Å². The predicted molar refractivity (Wildman–Crippen MR) is 108 cm³/mol. The standard InChI is InChI=1S/C20H23N5OS/c21-20-16-3-1-2-4-17(16)22-18(23-20)13-24-8-10-25(11-9-24)19(26)6-5-15-7-12-27-14-15/h1-4,7,12,14H,5-6,8-11,13H2,(H2,21,22,23). The zero-order valence-electron chi connectivity index (χ0n) is 15.2. The first kappa shape index (κ1) is 17.9. The lowest BCUT2D eigenvalue weighted by Crippen LogP contribution is -2.48. The van der Waals surface area contributed by atoms with E-state index in [4.69, 9.17) is 5.73 Å². The number of benzene rings is 1. The van der Waals surface area contributed by atoms with E-state index in [1.807, 2.05) is 29.2 Å². The quantitative estimate of drug-likeness (QED) is 0.735. The topological polar surface area (TPSA) is 75.3 Å². The molecule has 1 fully saturated rings. The Balaban J connectivity index is 1.31. The highest BCUT2D eigenvalue weighted by molar-refractivity contribution is 7.07. The Morgan fingerprint density at radius 2 is 1.93 bits per heavy atom. The summed E-state index contributed by atoms with van der Waals surface area (Å²) in [5.41, 5.74) is 8.20. The summed E-state index contributed by atoms with van der Waals surface area (Å²) in [7, 11) is 0. The number of rotatable bonds is 5. The predicted octanol–water partition coefficient (Wildman–Crippen LogP) is 2.55. The van der Waals surface area contributed by atoms with Crippen LogP contribution in [0, 0.1) is 0 Å². The maximum absolute atomic E-state index is 12.4. The largest absolute Gasteiger partial charge is 0.383 e. The van der Waals surface area contributed by atoms with Gasteiger partial charge in [0.25, 0.3) is 0 Å². The average Bonchev–Trinajstić information content (AvgIpc) is 3.20. The van der Waals surface area contributed by atoms with Gasteiger partial charge < -0.3 is 10.6 Å². The summed E-state index contributed by atoms with van der Waals surface area (Å²) in [5.74, 6) is 1.51. The second kappa shape index (κ2) is 8.02. The molecule has 0 aliphatic carbocycles. The molecule has 0 bridgehead atoms. The molecular weight excluding hydrogens is 358 g/mol. The minimum Gasteiger partial charge on any atom is -0.383 e. The molecule has 1 aromatic carbocycles. The fraction of sp³-hybridized carbons (Fsp3) is 0.350. The molecule has 0 saturated carbocycles. The lowest BCUT2D eigenvalue weighted by atomic mass is 10.1. The number of para-hydroxylation sites is 1. The van der Waals surface area contributed by atoms with Gasteiger partial charge in [-0.3, -0.25) is 9.69 Å². The van der Waals surface area contributed by atoms with Gasteiger partial charge in [0.05, 0.1) is 12.1 Å². The number of nitrogens with two attached hydrogens (primary N) is 1. The number of hydrogen-bond donors (Lipinski definition) is 1. The van der Waals surface area contributed by atoms with Crippen LogP contribution < -0.4 is 5.73 Å². The van der Waals surface area contributed by atoms with Crippen molar-refractivity contribution in [3.05, 3.63) is 52.5 Å². The van der Waals surface area contributed by atoms with Gasteiger partial charge in [0, 0.05) is 38.0 Å². The van der Waals surface area contributed by atoms with Gasteiger partial charge in [-0.15, -0.1) is 0 Å². The van der Waals surface area contributed by atoms with Crippen LogP contribution in [0.2, 0.25) is 0 Å². The molecule has 3 heterocycles. The van der Waals surface area contributed by atoms with E-state index in [2.05, 4.69) is 31.7 Å². The summed E-state index contributed by atoms with van der Waals surface area (Å²) in [6.07, 6.45) is 1.41. The van der Waals surface area contributed by atoms with E-state index < -0.39 is 0 Å². The van der Waals surface area contributed by atoms with Crippen molar-refractivity contribution in [2.75, 3.05) is 31.9 Å². The van der Waals surface area contributed by atoms with Crippen LogP contribution in [0.4, 0.5) is 5.82 Å². The van der Waals surface area contributed by atoms with Crippen LogP contribution in [0.15, 0.2) is 41.1 Å². The van der Waals surface area contributed by atoms with Gasteiger partial charge in [0.1, 0.15) is 11.6 Å². The number of fused-ring (bicyclic) bond motifs is 1. The Morgan fingerprint density at radius 3 is 2.70 bits per heavy atom. The molecule has 6 nitrogen and oxygen atoms in total. The molecule has 0 atom stereocenters. The zero-order valence-corrected chi connectivity index (χ0v) is 16.0. The number of aryl methyl sites for hydroxylation is 1. The molecule has 2 N–H and O–H groups in total. The Kier molecular flexibility index (Phi) is 5.31. The van der Waals surface area contributed by atoms with Crippen LogP contribution in [-0.4, -0.2) is 51.9 Å². The lowest BCUT2D eigenvalue weighted by molar-refractivity contribution is -0.133. The highest BCUT2D eigenvalue weighted by atomic mass is 32.1. The van der Waals surface area contributed by atoms with Crippen molar-refractivity contribution in [2.45, 2.75) is 19.4 Å². The maximum atomic E-state index is 12.4. The van der Waals surface area contributed by atoms with Crippen LogP contribution in [0.25, 0.3) is 10.9 Å². The number of carbonyl (C=O) groups excluding carboxylic acids is 1. The van der Waals surface area contributed by atoms with E-state index in [9.17, 15) is 4.79 Å². The van der Waals surface area contributed by atoms with Crippen molar-refractivity contribution >= 4 is 34.0 Å². The molecule has 1 aliphatic rings. The summed E-state index contributed by atoms with van der Waals surface area (Å²) in [4.78, 5) is 25.8. The minimum absolute atomic E-state index is 0.243. The molecule has 4 rings (SSSR count). The third kappa shape index (κ3) is 4.26. The molecule has 140 valence electrons. The van der Waals surface area contributed by atoms with Crippen LogP contribution in [0.3, 0.4) is 0 Å². The average molecular weight is 382 g/mol. The fourth-order valence-electron chi connectivity index (χ4n) is 3.42. The van der Waals surface area contributed by atoms with Crippen molar-refractivity contribution in [3.8, 4) is 0 Å². The van der Waals surface area contributed by atoms with Gasteiger partial charge in [-0.1, -0.05) is 12.1 Å². The molecule has 0 spiro atoms. The van der Waals surface area contributed by atoms with Crippen LogP contribution in [0.5, 0.6) is 0 Å². The molecule has 0 radical (unpaired) electrons. The molecule has 27 heavy (non-hydrogen) atoms. The third-order valence-electron chi connectivity index (χ3n) is 4.98. The number of piperazine rings is 1. The Labute approximate surface area is 162 Å². The second-order valence-electron chi connectivity index (χ2n) is 6.83. The van der Waals surface area contributed by atoms with Crippen molar-refractivity contribution in [1.82, 2.24) is 19.8 Å². The summed E-state index contributed by atoms with van der Waals surface area (Å²) in [6.45, 7) is 3.84. The minimum atomic E-state index is 0.243. The SMILES string of the molecule is Nc1nc(CN2CCN(C(=O)CCc3ccsc3)CC2)nc2ccccc12. The van der Waals surface area contributed by atoms with E-state index >= 15 is 0 Å². The van der Waals surface area contributed by atoms with Gasteiger partial charge >= 0.3 is 0 Å². The smallest absolute Gasteiger partial charge is 0.222 e. The van der Waals surface area contributed by atoms with Crippen molar-refractivity contribution in [3.63, 3.8) is 0 Å². The molecule has 3 aromatic rings. The first-order valence-corrected chi connectivity index (χ1v) is 10.2. The zero-order chi connectivity index (χ0) is 18.6. The molecule has 1 amide bonds. The van der Waals surface area contributed by atoms with Crippen molar-refractivity contribution in [2.24, 2.45) is 0 Å².